The van der Waals surface area contributed by atoms with E-state index in [2.05, 4.69) is 15.9 Å². The second kappa shape index (κ2) is 7.43. The Bertz CT molecular complexity index is 618. The molecule has 112 valence electrons. The van der Waals surface area contributed by atoms with Crippen molar-refractivity contribution in [1.82, 2.24) is 0 Å². The van der Waals surface area contributed by atoms with E-state index in [1.54, 1.807) is 37.6 Å². The van der Waals surface area contributed by atoms with Gasteiger partial charge >= 0.3 is 0 Å². The molecule has 4 nitrogen and oxygen atoms in total. The number of carbonyl (C=O) groups excluding carboxylic acids is 1. The minimum atomic E-state index is -0.0512. The third-order valence-electron chi connectivity index (χ3n) is 3.05. The molecular formula is C16H17BrO4. The summed E-state index contributed by atoms with van der Waals surface area (Å²) in [5, 5.41) is 0. The van der Waals surface area contributed by atoms with Crippen molar-refractivity contribution in [3.8, 4) is 5.75 Å². The third kappa shape index (κ3) is 3.74. The van der Waals surface area contributed by atoms with Crippen LogP contribution < -0.4 is 4.74 Å². The van der Waals surface area contributed by atoms with E-state index in [0.717, 1.165) is 4.47 Å². The van der Waals surface area contributed by atoms with Gasteiger partial charge in [0, 0.05) is 19.1 Å². The minimum absolute atomic E-state index is 0.0512. The largest absolute Gasteiger partial charge is 0.490 e. The molecule has 1 heterocycles. The SMILES string of the molecule is CCc1occc1C(=O)c1ccc(OCCOC)c(Br)c1. The first-order chi connectivity index (χ1) is 10.2. The summed E-state index contributed by atoms with van der Waals surface area (Å²) in [4.78, 5) is 12.5. The average molecular weight is 353 g/mol. The predicted molar refractivity (Wildman–Crippen MR) is 83.0 cm³/mol. The number of ketones is 1. The van der Waals surface area contributed by atoms with Crippen molar-refractivity contribution in [2.75, 3.05) is 20.3 Å². The molecule has 0 N–H and O–H groups in total. The molecular weight excluding hydrogens is 336 g/mol. The molecule has 21 heavy (non-hydrogen) atoms. The zero-order chi connectivity index (χ0) is 15.2. The zero-order valence-electron chi connectivity index (χ0n) is 12.0. The second-order valence-electron chi connectivity index (χ2n) is 4.43. The molecule has 0 saturated carbocycles. The van der Waals surface area contributed by atoms with Crippen LogP contribution in [0.1, 0.15) is 28.6 Å². The Hall–Kier alpha value is -1.59. The Kier molecular flexibility index (Phi) is 5.59. The highest BCUT2D eigenvalue weighted by Gasteiger charge is 2.16. The number of ether oxygens (including phenoxy) is 2. The molecule has 0 bridgehead atoms. The maximum absolute atomic E-state index is 12.5. The third-order valence-corrected chi connectivity index (χ3v) is 3.67. The highest BCUT2D eigenvalue weighted by molar-refractivity contribution is 9.10. The van der Waals surface area contributed by atoms with Gasteiger partial charge in [0.25, 0.3) is 0 Å². The number of hydrogen-bond donors (Lipinski definition) is 0. The topological polar surface area (TPSA) is 48.7 Å². The van der Waals surface area contributed by atoms with Crippen LogP contribution in [0.2, 0.25) is 0 Å². The standard InChI is InChI=1S/C16H17BrO4/c1-3-14-12(6-7-20-14)16(18)11-4-5-15(13(17)10-11)21-9-8-19-2/h4-7,10H,3,8-9H2,1-2H3. The quantitative estimate of drug-likeness (QED) is 0.560. The number of aryl methyl sites for hydroxylation is 1. The van der Waals surface area contributed by atoms with E-state index in [9.17, 15) is 4.79 Å². The number of furan rings is 1. The van der Waals surface area contributed by atoms with Gasteiger partial charge in [-0.25, -0.2) is 0 Å². The number of rotatable bonds is 7. The lowest BCUT2D eigenvalue weighted by Gasteiger charge is -2.09. The first-order valence-electron chi connectivity index (χ1n) is 6.69. The Morgan fingerprint density at radius 3 is 2.76 bits per heavy atom. The maximum atomic E-state index is 12.5. The van der Waals surface area contributed by atoms with Gasteiger partial charge in [0.1, 0.15) is 18.1 Å². The molecule has 0 spiro atoms. The molecule has 5 heteroatoms. The van der Waals surface area contributed by atoms with Gasteiger partial charge in [-0.3, -0.25) is 4.79 Å². The van der Waals surface area contributed by atoms with Crippen molar-refractivity contribution < 1.29 is 18.7 Å². The fraction of sp³-hybridized carbons (Fsp3) is 0.312. The van der Waals surface area contributed by atoms with Gasteiger partial charge in [-0.1, -0.05) is 6.92 Å². The molecule has 0 aliphatic carbocycles. The van der Waals surface area contributed by atoms with Crippen LogP contribution in [0.25, 0.3) is 0 Å². The molecule has 0 fully saturated rings. The van der Waals surface area contributed by atoms with Crippen LogP contribution in [0.5, 0.6) is 5.75 Å². The van der Waals surface area contributed by atoms with Crippen molar-refractivity contribution in [2.24, 2.45) is 0 Å². The Labute approximate surface area is 132 Å². The van der Waals surface area contributed by atoms with E-state index in [4.69, 9.17) is 13.9 Å². The molecule has 0 aliphatic heterocycles. The predicted octanol–water partition coefficient (Wildman–Crippen LogP) is 3.86. The molecule has 2 rings (SSSR count). The van der Waals surface area contributed by atoms with Gasteiger partial charge < -0.3 is 13.9 Å². The van der Waals surface area contributed by atoms with Crippen LogP contribution in [0, 0.1) is 0 Å². The Morgan fingerprint density at radius 2 is 2.10 bits per heavy atom. The van der Waals surface area contributed by atoms with E-state index in [-0.39, 0.29) is 5.78 Å². The van der Waals surface area contributed by atoms with Gasteiger partial charge in [0.15, 0.2) is 5.78 Å². The summed E-state index contributed by atoms with van der Waals surface area (Å²) in [5.74, 6) is 1.34. The van der Waals surface area contributed by atoms with E-state index in [1.165, 1.54) is 0 Å². The molecule has 0 unspecified atom stereocenters. The fourth-order valence-corrected chi connectivity index (χ4v) is 2.46. The van der Waals surface area contributed by atoms with E-state index in [1.807, 2.05) is 6.92 Å². The Balaban J connectivity index is 2.18. The molecule has 1 aromatic heterocycles. The van der Waals surface area contributed by atoms with E-state index < -0.39 is 0 Å². The minimum Gasteiger partial charge on any atom is -0.490 e. The molecule has 2 aromatic rings. The summed E-state index contributed by atoms with van der Waals surface area (Å²) < 4.78 is 16.5. The lowest BCUT2D eigenvalue weighted by atomic mass is 10.0. The zero-order valence-corrected chi connectivity index (χ0v) is 13.6. The smallest absolute Gasteiger partial charge is 0.196 e. The number of halogens is 1. The van der Waals surface area contributed by atoms with Crippen LogP contribution in [-0.4, -0.2) is 26.1 Å². The Morgan fingerprint density at radius 1 is 1.29 bits per heavy atom. The van der Waals surface area contributed by atoms with Gasteiger partial charge in [-0.2, -0.15) is 0 Å². The highest BCUT2D eigenvalue weighted by atomic mass is 79.9. The monoisotopic (exact) mass is 352 g/mol. The normalized spacial score (nSPS) is 10.6. The molecule has 0 atom stereocenters. The molecule has 0 aliphatic rings. The van der Waals surface area contributed by atoms with Crippen molar-refractivity contribution in [3.63, 3.8) is 0 Å². The van der Waals surface area contributed by atoms with Gasteiger partial charge in [-0.15, -0.1) is 0 Å². The first-order valence-corrected chi connectivity index (χ1v) is 7.49. The van der Waals surface area contributed by atoms with Gasteiger partial charge in [0.2, 0.25) is 0 Å². The van der Waals surface area contributed by atoms with Crippen molar-refractivity contribution in [1.29, 1.82) is 0 Å². The summed E-state index contributed by atoms with van der Waals surface area (Å²) in [5.41, 5.74) is 1.20. The summed E-state index contributed by atoms with van der Waals surface area (Å²) in [6.07, 6.45) is 2.23. The molecule has 1 aromatic carbocycles. The highest BCUT2D eigenvalue weighted by Crippen LogP contribution is 2.27. The lowest BCUT2D eigenvalue weighted by Crippen LogP contribution is -2.06. The number of hydrogen-bond acceptors (Lipinski definition) is 4. The maximum Gasteiger partial charge on any atom is 0.196 e. The summed E-state index contributed by atoms with van der Waals surface area (Å²) >= 11 is 3.42. The summed E-state index contributed by atoms with van der Waals surface area (Å²) in [6.45, 7) is 2.93. The first kappa shape index (κ1) is 15.8. The lowest BCUT2D eigenvalue weighted by molar-refractivity contribution is 0.103. The van der Waals surface area contributed by atoms with Crippen LogP contribution >= 0.6 is 15.9 Å². The fourth-order valence-electron chi connectivity index (χ4n) is 1.97. The summed E-state index contributed by atoms with van der Waals surface area (Å²) in [6, 6.07) is 7.00. The van der Waals surface area contributed by atoms with Crippen LogP contribution in [-0.2, 0) is 11.2 Å². The number of methoxy groups -OCH3 is 1. The molecule has 0 saturated heterocycles. The van der Waals surface area contributed by atoms with Crippen molar-refractivity contribution in [3.05, 3.63) is 51.9 Å². The number of carbonyl (C=O) groups is 1. The van der Waals surface area contributed by atoms with Gasteiger partial charge in [0.05, 0.1) is 22.9 Å². The molecule has 0 radical (unpaired) electrons. The van der Waals surface area contributed by atoms with Gasteiger partial charge in [-0.05, 0) is 40.2 Å². The van der Waals surface area contributed by atoms with E-state index >= 15 is 0 Å². The summed E-state index contributed by atoms with van der Waals surface area (Å²) in [7, 11) is 1.62. The van der Waals surface area contributed by atoms with Crippen LogP contribution in [0.4, 0.5) is 0 Å². The van der Waals surface area contributed by atoms with Crippen molar-refractivity contribution in [2.45, 2.75) is 13.3 Å². The van der Waals surface area contributed by atoms with E-state index in [0.29, 0.717) is 42.3 Å². The average Bonchev–Trinajstić information content (AvgIpc) is 2.96. The number of benzene rings is 1. The van der Waals surface area contributed by atoms with Crippen LogP contribution in [0.15, 0.2) is 39.4 Å². The second-order valence-corrected chi connectivity index (χ2v) is 5.28. The van der Waals surface area contributed by atoms with Crippen molar-refractivity contribution >= 4 is 21.7 Å². The molecule has 0 amide bonds. The van der Waals surface area contributed by atoms with Crippen LogP contribution in [0.3, 0.4) is 0 Å².